The number of rotatable bonds is 1. The molecule has 3 aromatic carbocycles. The summed E-state index contributed by atoms with van der Waals surface area (Å²) in [5, 5.41) is 0. The molecule has 4 rings (SSSR count). The van der Waals surface area contributed by atoms with Crippen LogP contribution in [0.2, 0.25) is 0 Å². The van der Waals surface area contributed by atoms with Crippen molar-refractivity contribution in [2.24, 2.45) is 0 Å². The molecule has 5 heteroatoms. The maximum Gasteiger partial charge on any atom is 0.144 e. The molecule has 2 atom stereocenters. The average Bonchev–Trinajstić information content (AvgIpc) is 2.70. The summed E-state index contributed by atoms with van der Waals surface area (Å²) in [4.78, 5) is 2.31. The summed E-state index contributed by atoms with van der Waals surface area (Å²) >= 11 is 0. The molecule has 0 aromatic heterocycles. The van der Waals surface area contributed by atoms with E-state index in [-0.39, 0.29) is 0 Å². The van der Waals surface area contributed by atoms with Gasteiger partial charge in [-0.05, 0) is 47.9 Å². The van der Waals surface area contributed by atoms with Crippen molar-refractivity contribution >= 4 is 21.6 Å². The minimum Gasteiger partial charge on any atom is -0.455 e. The number of para-hydroxylation sites is 1. The van der Waals surface area contributed by atoms with E-state index in [0.717, 1.165) is 5.56 Å². The smallest absolute Gasteiger partial charge is 0.144 e. The van der Waals surface area contributed by atoms with Crippen molar-refractivity contribution in [3.05, 3.63) is 72.3 Å². The largest absolute Gasteiger partial charge is 0.455 e. The molecular weight excluding hydrogens is 364 g/mol. The fourth-order valence-electron chi connectivity index (χ4n) is 2.91. The molecule has 0 spiro atoms. The van der Waals surface area contributed by atoms with E-state index in [0.29, 0.717) is 37.0 Å². The van der Waals surface area contributed by atoms with Crippen molar-refractivity contribution in [3.63, 3.8) is 0 Å². The summed E-state index contributed by atoms with van der Waals surface area (Å²) in [6, 6.07) is 20.2. The maximum atomic E-state index is 13.4. The monoisotopic (exact) mass is 382 g/mol. The van der Waals surface area contributed by atoms with Gasteiger partial charge >= 0.3 is 0 Å². The zero-order valence-electron chi connectivity index (χ0n) is 14.5. The first-order valence-corrected chi connectivity index (χ1v) is 10.7. The molecule has 3 aromatic rings. The molecule has 1 heterocycles. The molecule has 0 bridgehead atoms. The van der Waals surface area contributed by atoms with Crippen LogP contribution >= 0.6 is 0 Å². The van der Waals surface area contributed by atoms with Crippen LogP contribution in [0.25, 0.3) is 0 Å². The molecule has 0 N–H and O–H groups in total. The molecular formula is C21H18O3S2. The van der Waals surface area contributed by atoms with Crippen LogP contribution < -0.4 is 4.74 Å². The second-order valence-corrected chi connectivity index (χ2v) is 9.23. The van der Waals surface area contributed by atoms with Crippen LogP contribution in [0.5, 0.6) is 11.5 Å². The molecule has 0 radical (unpaired) electrons. The van der Waals surface area contributed by atoms with E-state index in [1.54, 1.807) is 24.3 Å². The standard InChI is InChI=1S/C21H18O3S2/c1-14(2)15-11-12-17-21(13-15)26(23)20-10-6-5-9-19(20)25(22)18-8-4-3-7-16(18)24-17/h3-14H,1-2H3. The van der Waals surface area contributed by atoms with Gasteiger partial charge in [-0.2, -0.15) is 0 Å². The van der Waals surface area contributed by atoms with Crippen molar-refractivity contribution in [2.45, 2.75) is 39.3 Å². The van der Waals surface area contributed by atoms with Gasteiger partial charge in [0.2, 0.25) is 0 Å². The van der Waals surface area contributed by atoms with E-state index < -0.39 is 21.6 Å². The highest BCUT2D eigenvalue weighted by molar-refractivity contribution is 7.88. The first kappa shape index (κ1) is 17.2. The van der Waals surface area contributed by atoms with Crippen molar-refractivity contribution < 1.29 is 13.2 Å². The summed E-state index contributed by atoms with van der Waals surface area (Å²) in [6.45, 7) is 4.19. The first-order valence-electron chi connectivity index (χ1n) is 8.39. The predicted molar refractivity (Wildman–Crippen MR) is 103 cm³/mol. The second-order valence-electron chi connectivity index (χ2n) is 6.39. The lowest BCUT2D eigenvalue weighted by Gasteiger charge is -2.14. The molecule has 0 saturated heterocycles. The number of fused-ring (bicyclic) bond motifs is 3. The van der Waals surface area contributed by atoms with E-state index >= 15 is 0 Å². The van der Waals surface area contributed by atoms with E-state index in [9.17, 15) is 8.42 Å². The Labute approximate surface area is 157 Å². The van der Waals surface area contributed by atoms with E-state index in [1.165, 1.54) is 0 Å². The van der Waals surface area contributed by atoms with Crippen molar-refractivity contribution in [3.8, 4) is 11.5 Å². The second kappa shape index (κ2) is 6.82. The van der Waals surface area contributed by atoms with E-state index in [1.807, 2.05) is 42.5 Å². The van der Waals surface area contributed by atoms with Gasteiger partial charge in [-0.15, -0.1) is 0 Å². The molecule has 0 amide bonds. The van der Waals surface area contributed by atoms with E-state index in [2.05, 4.69) is 13.8 Å². The van der Waals surface area contributed by atoms with Crippen molar-refractivity contribution in [2.75, 3.05) is 0 Å². The molecule has 132 valence electrons. The van der Waals surface area contributed by atoms with Crippen LogP contribution in [0.1, 0.15) is 25.3 Å². The summed E-state index contributed by atoms with van der Waals surface area (Å²) in [7, 11) is -2.95. The summed E-state index contributed by atoms with van der Waals surface area (Å²) in [5.74, 6) is 1.37. The van der Waals surface area contributed by atoms with Gasteiger partial charge in [0.25, 0.3) is 0 Å². The molecule has 0 fully saturated rings. The van der Waals surface area contributed by atoms with Gasteiger partial charge in [-0.1, -0.05) is 44.2 Å². The molecule has 2 unspecified atom stereocenters. The Balaban J connectivity index is 2.04. The Morgan fingerprint density at radius 2 is 1.23 bits per heavy atom. The molecule has 1 aliphatic heterocycles. The molecule has 26 heavy (non-hydrogen) atoms. The van der Waals surface area contributed by atoms with Gasteiger partial charge < -0.3 is 4.74 Å². The summed E-state index contributed by atoms with van der Waals surface area (Å²) < 4.78 is 32.7. The highest BCUT2D eigenvalue weighted by Gasteiger charge is 2.25. The zero-order chi connectivity index (χ0) is 18.3. The Morgan fingerprint density at radius 3 is 1.88 bits per heavy atom. The minimum absolute atomic E-state index is 0.307. The lowest BCUT2D eigenvalue weighted by atomic mass is 10.0. The normalized spacial score (nSPS) is 18.6. The average molecular weight is 383 g/mol. The Bertz CT molecular complexity index is 1040. The number of hydrogen-bond acceptors (Lipinski definition) is 3. The number of hydrogen-bond donors (Lipinski definition) is 0. The third-order valence-corrected chi connectivity index (χ3v) is 7.45. The van der Waals surface area contributed by atoms with Crippen LogP contribution in [-0.2, 0) is 21.6 Å². The predicted octanol–water partition coefficient (Wildman–Crippen LogP) is 5.25. The van der Waals surface area contributed by atoms with Crippen LogP contribution in [0, 0.1) is 0 Å². The minimum atomic E-state index is -1.48. The molecule has 3 nitrogen and oxygen atoms in total. The summed E-state index contributed by atoms with van der Waals surface area (Å²) in [6.07, 6.45) is 0. The molecule has 0 aliphatic carbocycles. The van der Waals surface area contributed by atoms with Crippen LogP contribution in [0.4, 0.5) is 0 Å². The van der Waals surface area contributed by atoms with E-state index in [4.69, 9.17) is 4.74 Å². The number of ether oxygens (including phenoxy) is 1. The van der Waals surface area contributed by atoms with Crippen LogP contribution in [0.15, 0.2) is 86.3 Å². The Morgan fingerprint density at radius 1 is 0.692 bits per heavy atom. The fourth-order valence-corrected chi connectivity index (χ4v) is 5.78. The van der Waals surface area contributed by atoms with Gasteiger partial charge in [-0.25, -0.2) is 8.42 Å². The van der Waals surface area contributed by atoms with Gasteiger partial charge in [0.15, 0.2) is 0 Å². The van der Waals surface area contributed by atoms with Crippen molar-refractivity contribution in [1.29, 1.82) is 0 Å². The van der Waals surface area contributed by atoms with Gasteiger partial charge in [-0.3, -0.25) is 0 Å². The molecule has 0 saturated carbocycles. The lowest BCUT2D eigenvalue weighted by molar-refractivity contribution is 0.457. The third kappa shape index (κ3) is 2.91. The van der Waals surface area contributed by atoms with Gasteiger partial charge in [0.05, 0.1) is 41.2 Å². The quantitative estimate of drug-likeness (QED) is 0.452. The fraction of sp³-hybridized carbons (Fsp3) is 0.143. The Hall–Kier alpha value is -2.24. The topological polar surface area (TPSA) is 43.4 Å². The van der Waals surface area contributed by atoms with Crippen molar-refractivity contribution in [1.82, 2.24) is 0 Å². The zero-order valence-corrected chi connectivity index (χ0v) is 16.1. The number of benzene rings is 3. The maximum absolute atomic E-state index is 13.4. The highest BCUT2D eigenvalue weighted by atomic mass is 32.2. The van der Waals surface area contributed by atoms with Crippen LogP contribution in [-0.4, -0.2) is 8.42 Å². The SMILES string of the molecule is CC(C)c1ccc2c(c1)S(=O)c1ccccc1S(=O)c1ccccc1O2. The Kier molecular flexibility index (Phi) is 4.51. The van der Waals surface area contributed by atoms with Crippen LogP contribution in [0.3, 0.4) is 0 Å². The first-order chi connectivity index (χ1) is 12.6. The third-order valence-electron chi connectivity index (χ3n) is 4.35. The molecule has 1 aliphatic rings. The van der Waals surface area contributed by atoms with Gasteiger partial charge in [0.1, 0.15) is 11.5 Å². The van der Waals surface area contributed by atoms with Gasteiger partial charge in [0, 0.05) is 0 Å². The highest BCUT2D eigenvalue weighted by Crippen LogP contribution is 2.39. The lowest BCUT2D eigenvalue weighted by Crippen LogP contribution is -2.01. The summed E-state index contributed by atoms with van der Waals surface area (Å²) in [5.41, 5.74) is 1.09.